The molecule has 3 amide bonds. The predicted octanol–water partition coefficient (Wildman–Crippen LogP) is 7.14. The summed E-state index contributed by atoms with van der Waals surface area (Å²) in [6.45, 7) is 15.3. The number of ether oxygens (including phenoxy) is 3. The Morgan fingerprint density at radius 3 is 0.958 bits per heavy atom. The van der Waals surface area contributed by atoms with Gasteiger partial charge in [0.25, 0.3) is 0 Å². The lowest BCUT2D eigenvalue weighted by Crippen LogP contribution is -2.49. The zero-order valence-electron chi connectivity index (χ0n) is 31.8. The molecule has 48 heavy (non-hydrogen) atoms. The molecule has 3 fully saturated rings. The molecular weight excluding hydrogens is 606 g/mol. The van der Waals surface area contributed by atoms with Crippen LogP contribution in [-0.2, 0) is 28.6 Å². The summed E-state index contributed by atoms with van der Waals surface area (Å²) < 4.78 is 18.6. The van der Waals surface area contributed by atoms with E-state index >= 15 is 0 Å². The number of nitrogens with zero attached hydrogens (tertiary/aromatic N) is 3. The summed E-state index contributed by atoms with van der Waals surface area (Å²) in [5.41, 5.74) is -0.602. The predicted molar refractivity (Wildman–Crippen MR) is 192 cm³/mol. The van der Waals surface area contributed by atoms with Crippen molar-refractivity contribution in [3.63, 3.8) is 0 Å². The zero-order chi connectivity index (χ0) is 35.1. The van der Waals surface area contributed by atoms with E-state index in [0.717, 1.165) is 77.0 Å². The molecule has 9 nitrogen and oxygen atoms in total. The Hall–Kier alpha value is -1.71. The first-order valence-corrected chi connectivity index (χ1v) is 19.7. The fourth-order valence-electron chi connectivity index (χ4n) is 8.54. The minimum Gasteiger partial charge on any atom is -0.371 e. The van der Waals surface area contributed by atoms with Crippen LogP contribution in [0.2, 0.25) is 0 Å². The second-order valence-corrected chi connectivity index (χ2v) is 15.9. The molecule has 0 unspecified atom stereocenters. The highest BCUT2D eigenvalue weighted by Crippen LogP contribution is 2.29. The second kappa shape index (κ2) is 20.8. The van der Waals surface area contributed by atoms with E-state index < -0.39 is 5.41 Å². The minimum absolute atomic E-state index is 0.0000937. The van der Waals surface area contributed by atoms with Gasteiger partial charge in [-0.2, -0.15) is 0 Å². The molecule has 0 heterocycles. The Morgan fingerprint density at radius 1 is 0.500 bits per heavy atom. The molecule has 3 aliphatic rings. The van der Waals surface area contributed by atoms with Gasteiger partial charge in [0.2, 0.25) is 17.7 Å². The third-order valence-corrected chi connectivity index (χ3v) is 11.1. The van der Waals surface area contributed by atoms with Crippen molar-refractivity contribution in [2.24, 2.45) is 5.41 Å². The third kappa shape index (κ3) is 12.3. The number of carbonyl (C=O) groups is 3. The van der Waals surface area contributed by atoms with Gasteiger partial charge in [-0.15, -0.1) is 0 Å². The summed E-state index contributed by atoms with van der Waals surface area (Å²) in [6, 6.07) is 1.17. The van der Waals surface area contributed by atoms with Crippen LogP contribution in [0, 0.1) is 5.41 Å². The molecule has 3 saturated carbocycles. The number of carbonyl (C=O) groups excluding carboxylic acids is 3. The summed E-state index contributed by atoms with van der Waals surface area (Å²) in [7, 11) is 0. The van der Waals surface area contributed by atoms with Gasteiger partial charge in [-0.05, 0) is 86.5 Å². The van der Waals surface area contributed by atoms with Crippen LogP contribution >= 0.6 is 0 Å². The number of rotatable bonds is 19. The Bertz CT molecular complexity index is 836. The molecule has 0 aromatic carbocycles. The lowest BCUT2D eigenvalue weighted by molar-refractivity contribution is -0.150. The lowest BCUT2D eigenvalue weighted by atomic mass is 9.88. The van der Waals surface area contributed by atoms with Crippen LogP contribution in [0.4, 0.5) is 0 Å². The number of amides is 3. The Labute approximate surface area is 293 Å². The molecule has 0 spiro atoms. The van der Waals surface area contributed by atoms with E-state index in [0.29, 0.717) is 6.42 Å². The summed E-state index contributed by atoms with van der Waals surface area (Å²) >= 11 is 0. The van der Waals surface area contributed by atoms with E-state index in [-0.39, 0.29) is 93.6 Å². The SMILES string of the molecule is CCC(COCC(=O)N(C(C)C)C1CCCCC1)(COCC(=O)N(C(C)C)C1CCCCC1)COCC(=O)N(C(C)C)C1CCCCC1. The van der Waals surface area contributed by atoms with Gasteiger partial charge >= 0.3 is 0 Å². The topological polar surface area (TPSA) is 88.6 Å². The summed E-state index contributed by atoms with van der Waals surface area (Å²) in [5.74, 6) is 0.0672. The molecule has 0 atom stereocenters. The molecule has 3 aliphatic carbocycles. The van der Waals surface area contributed by atoms with E-state index in [1.165, 1.54) is 19.3 Å². The first kappa shape index (κ1) is 40.7. The molecule has 0 bridgehead atoms. The Balaban J connectivity index is 1.66. The van der Waals surface area contributed by atoms with Gasteiger partial charge < -0.3 is 28.9 Å². The molecule has 0 N–H and O–H groups in total. The normalized spacial score (nSPS) is 18.9. The van der Waals surface area contributed by atoms with Crippen molar-refractivity contribution in [3.8, 4) is 0 Å². The summed E-state index contributed by atoms with van der Waals surface area (Å²) in [4.78, 5) is 46.5. The van der Waals surface area contributed by atoms with Crippen LogP contribution in [0.15, 0.2) is 0 Å². The van der Waals surface area contributed by atoms with Gasteiger partial charge in [-0.25, -0.2) is 0 Å². The Morgan fingerprint density at radius 2 is 0.750 bits per heavy atom. The van der Waals surface area contributed by atoms with E-state index in [2.05, 4.69) is 48.5 Å². The largest absolute Gasteiger partial charge is 0.371 e. The van der Waals surface area contributed by atoms with Gasteiger partial charge in [0.05, 0.1) is 19.8 Å². The van der Waals surface area contributed by atoms with Crippen LogP contribution in [0.5, 0.6) is 0 Å². The maximum absolute atomic E-state index is 13.5. The molecule has 0 saturated heterocycles. The Kier molecular flexibility index (Phi) is 17.7. The van der Waals surface area contributed by atoms with E-state index in [1.807, 2.05) is 14.7 Å². The first-order valence-electron chi connectivity index (χ1n) is 19.7. The molecule has 0 aromatic heterocycles. The maximum Gasteiger partial charge on any atom is 0.249 e. The van der Waals surface area contributed by atoms with Crippen LogP contribution in [0.3, 0.4) is 0 Å². The quantitative estimate of drug-likeness (QED) is 0.144. The number of hydrogen-bond acceptors (Lipinski definition) is 6. The lowest BCUT2D eigenvalue weighted by Gasteiger charge is -2.39. The second-order valence-electron chi connectivity index (χ2n) is 15.9. The molecular formula is C39H71N3O6. The highest BCUT2D eigenvalue weighted by atomic mass is 16.5. The molecule has 3 rings (SSSR count). The van der Waals surface area contributed by atoms with Crippen molar-refractivity contribution in [1.29, 1.82) is 0 Å². The van der Waals surface area contributed by atoms with Crippen molar-refractivity contribution in [2.45, 2.75) is 187 Å². The fourth-order valence-corrected chi connectivity index (χ4v) is 8.54. The van der Waals surface area contributed by atoms with E-state index in [1.54, 1.807) is 0 Å². The molecule has 0 radical (unpaired) electrons. The minimum atomic E-state index is -0.602. The average molecular weight is 678 g/mol. The van der Waals surface area contributed by atoms with E-state index in [4.69, 9.17) is 14.2 Å². The van der Waals surface area contributed by atoms with Gasteiger partial charge in [0.15, 0.2) is 0 Å². The fraction of sp³-hybridized carbons (Fsp3) is 0.923. The molecule has 0 aliphatic heterocycles. The van der Waals surface area contributed by atoms with Gasteiger partial charge in [0, 0.05) is 41.7 Å². The molecule has 278 valence electrons. The van der Waals surface area contributed by atoms with Crippen molar-refractivity contribution in [3.05, 3.63) is 0 Å². The van der Waals surface area contributed by atoms with Gasteiger partial charge in [-0.1, -0.05) is 64.7 Å². The molecule has 0 aromatic rings. The van der Waals surface area contributed by atoms with E-state index in [9.17, 15) is 14.4 Å². The standard InChI is InChI=1S/C39H71N3O6/c1-8-39(27-46-24-36(43)40(30(2)3)33-18-12-9-13-19-33,28-47-25-37(44)41(31(4)5)34-20-14-10-15-21-34)29-48-26-38(45)42(32(6)7)35-22-16-11-17-23-35/h30-35H,8-29H2,1-7H3. The van der Waals surface area contributed by atoms with Gasteiger partial charge in [0.1, 0.15) is 19.8 Å². The highest BCUT2D eigenvalue weighted by molar-refractivity contribution is 5.79. The van der Waals surface area contributed by atoms with Crippen LogP contribution < -0.4 is 0 Å². The maximum atomic E-state index is 13.5. The monoisotopic (exact) mass is 678 g/mol. The van der Waals surface area contributed by atoms with Crippen LogP contribution in [0.1, 0.15) is 151 Å². The van der Waals surface area contributed by atoms with Crippen molar-refractivity contribution in [1.82, 2.24) is 14.7 Å². The van der Waals surface area contributed by atoms with Gasteiger partial charge in [-0.3, -0.25) is 14.4 Å². The average Bonchev–Trinajstić information content (AvgIpc) is 3.05. The first-order chi connectivity index (χ1) is 23.0. The molecule has 9 heteroatoms. The summed E-state index contributed by atoms with van der Waals surface area (Å²) in [5, 5.41) is 0. The zero-order valence-corrected chi connectivity index (χ0v) is 31.8. The van der Waals surface area contributed by atoms with Crippen LogP contribution in [0.25, 0.3) is 0 Å². The van der Waals surface area contributed by atoms with Crippen molar-refractivity contribution < 1.29 is 28.6 Å². The third-order valence-electron chi connectivity index (χ3n) is 11.1. The van der Waals surface area contributed by atoms with Crippen molar-refractivity contribution >= 4 is 17.7 Å². The smallest absolute Gasteiger partial charge is 0.249 e. The number of hydrogen-bond donors (Lipinski definition) is 0. The van der Waals surface area contributed by atoms with Crippen molar-refractivity contribution in [2.75, 3.05) is 39.6 Å². The van der Waals surface area contributed by atoms with Crippen LogP contribution in [-0.4, -0.2) is 108 Å². The summed E-state index contributed by atoms with van der Waals surface area (Å²) in [6.07, 6.45) is 17.7. The highest BCUT2D eigenvalue weighted by Gasteiger charge is 2.35.